The Kier molecular flexibility index (Phi) is 0.537. The Labute approximate surface area is 31.0 Å². The van der Waals surface area contributed by atoms with Gasteiger partial charge < -0.3 is 0 Å². The maximum atomic E-state index is 3.61. The molecule has 0 aliphatic carbocycles. The zero-order valence-electron chi connectivity index (χ0n) is 2.60. The molecular formula is C4H2N. The van der Waals surface area contributed by atoms with Crippen molar-refractivity contribution in [2.45, 2.75) is 0 Å². The van der Waals surface area contributed by atoms with E-state index in [0.717, 1.165) is 0 Å². The molecule has 3 radical (unpaired) electrons. The number of nitrogens with zero attached hydrogens (tertiary/aromatic N) is 1. The molecule has 0 saturated heterocycles. The average Bonchev–Trinajstić information content (AvgIpc) is 1.76. The van der Waals surface area contributed by atoms with Crippen molar-refractivity contribution in [3.8, 4) is 0 Å². The Balaban J connectivity index is 2.61. The van der Waals surface area contributed by atoms with Crippen LogP contribution in [0.1, 0.15) is 0 Å². The lowest BCUT2D eigenvalue weighted by molar-refractivity contribution is 1.46. The predicted molar refractivity (Wildman–Crippen MR) is 19.3 cm³/mol. The summed E-state index contributed by atoms with van der Waals surface area (Å²) in [6.45, 7) is 1.57. The highest BCUT2D eigenvalue weighted by Gasteiger charge is 1.76. The summed E-state index contributed by atoms with van der Waals surface area (Å²) in [6.07, 6.45) is 6.82. The van der Waals surface area contributed by atoms with Crippen LogP contribution in [-0.2, 0) is 0 Å². The van der Waals surface area contributed by atoms with Crippen LogP contribution in [0.3, 0.4) is 0 Å². The van der Waals surface area contributed by atoms with E-state index in [1.54, 1.807) is 12.8 Å². The molecule has 0 spiro atoms. The summed E-state index contributed by atoms with van der Waals surface area (Å²) < 4.78 is 0. The second kappa shape index (κ2) is 1.02. The zero-order valence-corrected chi connectivity index (χ0v) is 2.60. The maximum absolute atomic E-state index is 3.61. The van der Waals surface area contributed by atoms with Crippen molar-refractivity contribution in [3.63, 3.8) is 0 Å². The molecule has 1 aliphatic rings. The topological polar surface area (TPSA) is 12.4 Å². The highest BCUT2D eigenvalue weighted by molar-refractivity contribution is 5.68. The van der Waals surface area contributed by atoms with Crippen molar-refractivity contribution >= 4 is 6.21 Å². The second-order valence-electron chi connectivity index (χ2n) is 0.696. The first-order valence-electron chi connectivity index (χ1n) is 1.34. The molecule has 0 unspecified atom stereocenters. The fourth-order valence-electron chi connectivity index (χ4n) is 0.186. The van der Waals surface area contributed by atoms with E-state index in [0.29, 0.717) is 0 Å². The predicted octanol–water partition coefficient (Wildman–Crippen LogP) is 0.395. The van der Waals surface area contributed by atoms with Gasteiger partial charge in [0.2, 0.25) is 0 Å². The fourth-order valence-corrected chi connectivity index (χ4v) is 0.186. The highest BCUT2D eigenvalue weighted by Crippen LogP contribution is 1.83. The zero-order chi connectivity index (χ0) is 3.54. The summed E-state index contributed by atoms with van der Waals surface area (Å²) >= 11 is 0. The van der Waals surface area contributed by atoms with Gasteiger partial charge in [0.1, 0.15) is 6.54 Å². The fraction of sp³-hybridized carbons (Fsp3) is 0. The van der Waals surface area contributed by atoms with Crippen molar-refractivity contribution in [1.82, 2.24) is 0 Å². The van der Waals surface area contributed by atoms with Crippen molar-refractivity contribution < 1.29 is 0 Å². The minimum atomic E-state index is 1.57. The number of allylic oxidation sites excluding steroid dienone is 1. The third-order valence-electron chi connectivity index (χ3n) is 0.362. The van der Waals surface area contributed by atoms with E-state index in [-0.39, 0.29) is 0 Å². The first-order valence-corrected chi connectivity index (χ1v) is 1.34. The monoisotopic (exact) mass is 64.0 g/mol. The standard InChI is InChI=1S/C4H2N/c1-2-4-5-3-1/h3-4H. The molecule has 0 bridgehead atoms. The molecule has 1 aliphatic heterocycles. The van der Waals surface area contributed by atoms with Gasteiger partial charge in [-0.15, -0.1) is 0 Å². The second-order valence-corrected chi connectivity index (χ2v) is 0.696. The van der Waals surface area contributed by atoms with E-state index < -0.39 is 0 Å². The van der Waals surface area contributed by atoms with Crippen LogP contribution >= 0.6 is 0 Å². The van der Waals surface area contributed by atoms with Gasteiger partial charge in [0.15, 0.2) is 0 Å². The van der Waals surface area contributed by atoms with Crippen LogP contribution in [0, 0.1) is 18.7 Å². The van der Waals surface area contributed by atoms with E-state index >= 15 is 0 Å². The van der Waals surface area contributed by atoms with Gasteiger partial charge in [-0.1, -0.05) is 0 Å². The third kappa shape index (κ3) is 0.349. The molecule has 1 heterocycles. The van der Waals surface area contributed by atoms with Gasteiger partial charge in [0, 0.05) is 12.3 Å². The van der Waals surface area contributed by atoms with Gasteiger partial charge >= 0.3 is 0 Å². The lowest BCUT2D eigenvalue weighted by atomic mass is 10.6. The molecule has 0 fully saturated rings. The molecule has 1 heteroatoms. The molecule has 0 N–H and O–H groups in total. The molecule has 1 nitrogen and oxygen atoms in total. The molecule has 0 amide bonds. The summed E-state index contributed by atoms with van der Waals surface area (Å²) in [5.74, 6) is 0. The number of hydrogen-bond donors (Lipinski definition) is 0. The van der Waals surface area contributed by atoms with Crippen molar-refractivity contribution in [2.75, 3.05) is 0 Å². The van der Waals surface area contributed by atoms with Crippen LogP contribution in [0.2, 0.25) is 0 Å². The lowest BCUT2D eigenvalue weighted by Crippen LogP contribution is -1.45. The molecular weight excluding hydrogens is 62.1 g/mol. The summed E-state index contributed by atoms with van der Waals surface area (Å²) in [6, 6.07) is 0. The highest BCUT2D eigenvalue weighted by atomic mass is 14.7. The summed E-state index contributed by atoms with van der Waals surface area (Å²) in [5, 5.41) is 0. The Morgan fingerprint density at radius 1 is 1.40 bits per heavy atom. The van der Waals surface area contributed by atoms with Gasteiger partial charge in [-0.05, 0) is 6.08 Å². The van der Waals surface area contributed by atoms with Gasteiger partial charge in [-0.25, -0.2) is 0 Å². The van der Waals surface area contributed by atoms with Crippen LogP contribution in [-0.4, -0.2) is 6.21 Å². The molecule has 0 aromatic carbocycles. The Morgan fingerprint density at radius 3 is 2.60 bits per heavy atom. The van der Waals surface area contributed by atoms with Crippen LogP contribution in [0.15, 0.2) is 4.99 Å². The Bertz CT molecular complexity index is 61.7. The first-order chi connectivity index (χ1) is 2.50. The van der Waals surface area contributed by atoms with Crippen molar-refractivity contribution in [2.24, 2.45) is 4.99 Å². The third-order valence-corrected chi connectivity index (χ3v) is 0.362. The summed E-state index contributed by atoms with van der Waals surface area (Å²) in [5.41, 5.74) is 0. The smallest absolute Gasteiger partial charge is 0.102 e. The minimum Gasteiger partial charge on any atom is -0.282 e. The summed E-state index contributed by atoms with van der Waals surface area (Å²) in [4.78, 5) is 3.61. The minimum absolute atomic E-state index is 1.57. The molecule has 23 valence electrons. The van der Waals surface area contributed by atoms with Crippen LogP contribution < -0.4 is 0 Å². The van der Waals surface area contributed by atoms with Gasteiger partial charge in [-0.2, -0.15) is 0 Å². The Hall–Kier alpha value is -0.590. The van der Waals surface area contributed by atoms with Gasteiger partial charge in [0.25, 0.3) is 0 Å². The molecule has 0 saturated carbocycles. The van der Waals surface area contributed by atoms with Crippen LogP contribution in [0.5, 0.6) is 0 Å². The lowest BCUT2D eigenvalue weighted by Gasteiger charge is -1.57. The van der Waals surface area contributed by atoms with Gasteiger partial charge in [-0.3, -0.25) is 4.99 Å². The van der Waals surface area contributed by atoms with E-state index in [2.05, 4.69) is 17.1 Å². The maximum Gasteiger partial charge on any atom is 0.102 e. The first kappa shape index (κ1) is 2.64. The molecule has 5 heavy (non-hydrogen) atoms. The van der Waals surface area contributed by atoms with Crippen molar-refractivity contribution in [3.05, 3.63) is 18.7 Å². The van der Waals surface area contributed by atoms with E-state index in [1.807, 2.05) is 0 Å². The van der Waals surface area contributed by atoms with Crippen LogP contribution in [0.25, 0.3) is 0 Å². The van der Waals surface area contributed by atoms with E-state index in [9.17, 15) is 0 Å². The summed E-state index contributed by atoms with van der Waals surface area (Å²) in [7, 11) is 0. The molecule has 1 rings (SSSR count). The Morgan fingerprint density at radius 2 is 2.40 bits per heavy atom. The quantitative estimate of drug-likeness (QED) is 0.386. The molecule has 0 aromatic heterocycles. The number of rotatable bonds is 0. The normalized spacial score (nSPS) is 17.6. The number of hydrogen-bond acceptors (Lipinski definition) is 1. The molecule has 0 aromatic rings. The van der Waals surface area contributed by atoms with Crippen molar-refractivity contribution in [1.29, 1.82) is 0 Å². The van der Waals surface area contributed by atoms with Gasteiger partial charge in [0.05, 0.1) is 0 Å². The number of aliphatic imine (C=N–C) groups is 1. The van der Waals surface area contributed by atoms with E-state index in [4.69, 9.17) is 0 Å². The SMILES string of the molecule is [C]1=[C]C=N[CH]1. The largest absolute Gasteiger partial charge is 0.282 e. The molecule has 0 atom stereocenters. The average molecular weight is 64.1 g/mol. The van der Waals surface area contributed by atoms with Crippen LogP contribution in [0.4, 0.5) is 0 Å². The van der Waals surface area contributed by atoms with E-state index in [1.165, 1.54) is 0 Å².